The summed E-state index contributed by atoms with van der Waals surface area (Å²) in [4.78, 5) is 0. The first-order valence-corrected chi connectivity index (χ1v) is 0. The molecule has 0 heterocycles. The first-order valence-electron chi connectivity index (χ1n) is 0. The van der Waals surface area contributed by atoms with E-state index in [9.17, 15) is 0 Å². The first-order chi connectivity index (χ1) is 0. The third-order valence-corrected chi connectivity index (χ3v) is 0. The molecule has 4 heteroatoms. The zero-order chi connectivity index (χ0) is 0. The van der Waals surface area contributed by atoms with Crippen molar-refractivity contribution in [2.45, 2.75) is 0 Å². The SMILES string of the molecule is [As].[Ga].[In].[N]. The second kappa shape index (κ2) is 19.9. The van der Waals surface area contributed by atoms with E-state index in [1.165, 1.54) is 0 Å². The molecule has 0 aromatic carbocycles. The molecule has 1 nitrogen and oxygen atoms in total. The molecule has 0 amide bonds. The maximum Gasteiger partial charge on any atom is 0 e. The zero-order valence-corrected chi connectivity index (χ0v) is 9.64. The van der Waals surface area contributed by atoms with Crippen molar-refractivity contribution in [3.8, 4) is 0 Å². The minimum atomic E-state index is 0. The average Bonchev–Trinajstić information content (AvgIpc) is 0. The van der Waals surface area contributed by atoms with E-state index in [1.807, 2.05) is 0 Å². The fraction of sp³-hybridized carbons (Fsp3) is 0. The van der Waals surface area contributed by atoms with Gasteiger partial charge < -0.3 is 0 Å². The normalized spacial score (nSPS) is 0. The first kappa shape index (κ1) is 37.1. The predicted molar refractivity (Wildman–Crippen MR) is 19.4 cm³/mol. The van der Waals surface area contributed by atoms with Crippen LogP contribution in [0.15, 0.2) is 0 Å². The predicted octanol–water partition coefficient (Wildman–Crippen LogP) is -1.62. The van der Waals surface area contributed by atoms with E-state index >= 15 is 0 Å². The molecule has 0 aliphatic rings. The van der Waals surface area contributed by atoms with Crippen LogP contribution in [0.5, 0.6) is 0 Å². The van der Waals surface area contributed by atoms with Gasteiger partial charge in [-0.05, 0) is 0 Å². The Morgan fingerprint density at radius 1 is 1.00 bits per heavy atom. The van der Waals surface area contributed by atoms with Gasteiger partial charge in [0.25, 0.3) is 0 Å². The summed E-state index contributed by atoms with van der Waals surface area (Å²) in [6, 6.07) is 0. The molecular weight excluding hydrogens is 273 g/mol. The molecule has 0 aromatic rings. The maximum atomic E-state index is 0. The van der Waals surface area contributed by atoms with E-state index < -0.39 is 0 Å². The molecule has 0 aliphatic heterocycles. The number of hydrogen-bond acceptors (Lipinski definition) is 0. The van der Waals surface area contributed by atoms with Crippen molar-refractivity contribution < 1.29 is 0 Å². The van der Waals surface area contributed by atoms with E-state index in [0.29, 0.717) is 0 Å². The quantitative estimate of drug-likeness (QED) is 0.475. The van der Waals surface area contributed by atoms with Gasteiger partial charge in [-0.3, -0.25) is 0 Å². The second-order valence-electron chi connectivity index (χ2n) is 0. The van der Waals surface area contributed by atoms with Gasteiger partial charge in [-0.2, -0.15) is 0 Å². The van der Waals surface area contributed by atoms with Crippen LogP contribution in [0.3, 0.4) is 0 Å². The van der Waals surface area contributed by atoms with E-state index in [4.69, 9.17) is 0 Å². The van der Waals surface area contributed by atoms with Crippen LogP contribution in [0.25, 0.3) is 0 Å². The summed E-state index contributed by atoms with van der Waals surface area (Å²) < 4.78 is 0. The van der Waals surface area contributed by atoms with Crippen molar-refractivity contribution in [2.75, 3.05) is 0 Å². The number of nitrogens with zero attached hydrogens (tertiary/aromatic N) is 1. The fourth-order valence-electron chi connectivity index (χ4n) is 0. The molecule has 0 N–H and O–H groups in total. The molecule has 0 saturated heterocycles. The van der Waals surface area contributed by atoms with Crippen LogP contribution < -0.4 is 6.15 Å². The van der Waals surface area contributed by atoms with E-state index in [-0.39, 0.29) is 69.7 Å². The molecule has 0 aromatic heterocycles. The van der Waals surface area contributed by atoms with Crippen molar-refractivity contribution in [2.24, 2.45) is 0 Å². The van der Waals surface area contributed by atoms with Gasteiger partial charge in [0.15, 0.2) is 0 Å². The zero-order valence-electron chi connectivity index (χ0n) is 2.05. The van der Waals surface area contributed by atoms with Crippen LogP contribution in [0.2, 0.25) is 0 Å². The van der Waals surface area contributed by atoms with Gasteiger partial charge in [-0.25, -0.2) is 0 Å². The van der Waals surface area contributed by atoms with Gasteiger partial charge in [0, 0.05) is 69.7 Å². The Bertz CT molecular complexity index is 8.00. The largest absolute Gasteiger partial charge is 0 e. The van der Waals surface area contributed by atoms with Crippen molar-refractivity contribution in [3.05, 3.63) is 0 Å². The summed E-state index contributed by atoms with van der Waals surface area (Å²) in [7, 11) is 0. The Morgan fingerprint density at radius 2 is 1.00 bits per heavy atom. The number of rotatable bonds is 0. The Morgan fingerprint density at radius 3 is 1.00 bits per heavy atom. The van der Waals surface area contributed by atoms with E-state index in [0.717, 1.165) is 0 Å². The van der Waals surface area contributed by atoms with Gasteiger partial charge in [-0.15, -0.1) is 0 Å². The summed E-state index contributed by atoms with van der Waals surface area (Å²) in [5.41, 5.74) is 0. The second-order valence-corrected chi connectivity index (χ2v) is 0. The summed E-state index contributed by atoms with van der Waals surface area (Å²) in [5.74, 6) is 0. The third-order valence-electron chi connectivity index (χ3n) is 0. The topological polar surface area (TPSA) is 30.5 Å². The molecule has 0 bridgehead atoms. The smallest absolute Gasteiger partial charge is 0 e. The summed E-state index contributed by atoms with van der Waals surface area (Å²) >= 11 is 0. The Kier molecular flexibility index (Phi) is 184. The minimum absolute atomic E-state index is 0. The summed E-state index contributed by atoms with van der Waals surface area (Å²) in [6.45, 7) is 0. The van der Waals surface area contributed by atoms with E-state index in [2.05, 4.69) is 0 Å². The molecule has 0 saturated carbocycles. The molecule has 4 heavy (non-hydrogen) atoms. The van der Waals surface area contributed by atoms with Crippen LogP contribution in [-0.4, -0.2) is 63.6 Å². The molecule has 0 rings (SSSR count). The molecule has 0 spiro atoms. The van der Waals surface area contributed by atoms with Crippen molar-refractivity contribution in [3.63, 3.8) is 0 Å². The van der Waals surface area contributed by atoms with Crippen LogP contribution in [-0.2, 0) is 0 Å². The van der Waals surface area contributed by atoms with Crippen LogP contribution in [0, 0.1) is 0 Å². The third kappa shape index (κ3) is 8.98. The molecule has 0 atom stereocenters. The van der Waals surface area contributed by atoms with Gasteiger partial charge in [-0.1, -0.05) is 0 Å². The van der Waals surface area contributed by atoms with Crippen molar-refractivity contribution in [1.29, 1.82) is 0 Å². The van der Waals surface area contributed by atoms with Crippen LogP contribution >= 0.6 is 0 Å². The maximum absolute atomic E-state index is 0. The fourth-order valence-corrected chi connectivity index (χ4v) is 0. The Balaban J connectivity index is 0. The summed E-state index contributed by atoms with van der Waals surface area (Å²) in [5, 5.41) is 0. The number of hydrogen-bond donors (Lipinski definition) is 0. The summed E-state index contributed by atoms with van der Waals surface area (Å²) in [6.07, 6.45) is 0. The van der Waals surface area contributed by atoms with Gasteiger partial charge in [0.1, 0.15) is 0 Å². The molecule has 0 unspecified atom stereocenters. The minimum Gasteiger partial charge on any atom is 0 e. The molecule has 0 aliphatic carbocycles. The monoisotopic (exact) mass is 273 g/mol. The molecular formula is AsGaInN. The van der Waals surface area contributed by atoms with E-state index in [1.54, 1.807) is 0 Å². The van der Waals surface area contributed by atoms with Crippen molar-refractivity contribution >= 4 is 63.6 Å². The molecule has 12 radical (unpaired) electrons. The van der Waals surface area contributed by atoms with Crippen molar-refractivity contribution in [1.82, 2.24) is 6.15 Å². The molecule has 16 valence electrons. The van der Waals surface area contributed by atoms with Crippen LogP contribution in [0.1, 0.15) is 0 Å². The van der Waals surface area contributed by atoms with Gasteiger partial charge in [0.05, 0.1) is 0 Å². The standard InChI is InChI=1S/As.Ga.In.N. The average molecular weight is 273 g/mol. The Hall–Kier alpha value is 2.02. The molecule has 0 fully saturated rings. The van der Waals surface area contributed by atoms with Gasteiger partial charge in [0.2, 0.25) is 0 Å². The van der Waals surface area contributed by atoms with Gasteiger partial charge >= 0.3 is 0 Å². The Labute approximate surface area is 69.0 Å². The van der Waals surface area contributed by atoms with Crippen LogP contribution in [0.4, 0.5) is 0 Å².